The molecule has 25 heavy (non-hydrogen) atoms. The topological polar surface area (TPSA) is 121 Å². The molecule has 0 fully saturated rings. The van der Waals surface area contributed by atoms with E-state index in [1.54, 1.807) is 12.5 Å². The van der Waals surface area contributed by atoms with Gasteiger partial charge in [-0.3, -0.25) is 5.10 Å². The molecule has 0 bridgehead atoms. The summed E-state index contributed by atoms with van der Waals surface area (Å²) in [5.41, 5.74) is 10.2. The molecule has 0 aliphatic rings. The van der Waals surface area contributed by atoms with E-state index in [0.717, 1.165) is 44.4 Å². The molecule has 0 amide bonds. The van der Waals surface area contributed by atoms with E-state index < -0.39 is 0 Å². The van der Waals surface area contributed by atoms with E-state index in [1.165, 1.54) is 11.3 Å². The second-order valence-corrected chi connectivity index (χ2v) is 6.89. The number of fused-ring (bicyclic) bond motifs is 1. The van der Waals surface area contributed by atoms with E-state index in [-0.39, 0.29) is 6.04 Å². The minimum atomic E-state index is -0.0299. The average molecular weight is 354 g/mol. The van der Waals surface area contributed by atoms with Crippen molar-refractivity contribution in [3.63, 3.8) is 0 Å². The van der Waals surface area contributed by atoms with Crippen molar-refractivity contribution in [3.05, 3.63) is 42.1 Å². The van der Waals surface area contributed by atoms with E-state index in [9.17, 15) is 0 Å². The lowest BCUT2D eigenvalue weighted by atomic mass is 10.1. The van der Waals surface area contributed by atoms with Crippen LogP contribution in [0.2, 0.25) is 0 Å². The standard InChI is InChI=1S/C16H18N8S/c1-9-13-4-10(2-3-14(13)22-21-9)15-23-24-16(25-15)19-6-11(17)5-12-7-18-8-20-12/h2-4,7-8,11H,5-6,17H2,1H3,(H,18,20)(H,19,24)(H,21,22). The smallest absolute Gasteiger partial charge is 0.206 e. The van der Waals surface area contributed by atoms with Crippen LogP contribution in [0, 0.1) is 6.92 Å². The van der Waals surface area contributed by atoms with E-state index in [2.05, 4.69) is 41.7 Å². The summed E-state index contributed by atoms with van der Waals surface area (Å²) in [6, 6.07) is 6.06. The molecule has 1 atom stereocenters. The minimum Gasteiger partial charge on any atom is -0.359 e. The van der Waals surface area contributed by atoms with Crippen LogP contribution in [-0.2, 0) is 6.42 Å². The highest BCUT2D eigenvalue weighted by molar-refractivity contribution is 7.18. The van der Waals surface area contributed by atoms with Gasteiger partial charge in [0.15, 0.2) is 0 Å². The second-order valence-electron chi connectivity index (χ2n) is 5.91. The molecular formula is C16H18N8S. The number of nitrogens with two attached hydrogens (primary N) is 1. The van der Waals surface area contributed by atoms with E-state index in [0.29, 0.717) is 6.54 Å². The fraction of sp³-hybridized carbons (Fsp3) is 0.250. The van der Waals surface area contributed by atoms with Crippen LogP contribution in [0.5, 0.6) is 0 Å². The van der Waals surface area contributed by atoms with Gasteiger partial charge in [-0.15, -0.1) is 10.2 Å². The summed E-state index contributed by atoms with van der Waals surface area (Å²) < 4.78 is 0. The van der Waals surface area contributed by atoms with Gasteiger partial charge in [-0.2, -0.15) is 5.10 Å². The molecule has 1 unspecified atom stereocenters. The molecule has 128 valence electrons. The monoisotopic (exact) mass is 354 g/mol. The Balaban J connectivity index is 1.43. The summed E-state index contributed by atoms with van der Waals surface area (Å²) in [4.78, 5) is 7.05. The van der Waals surface area contributed by atoms with Gasteiger partial charge in [-0.1, -0.05) is 11.3 Å². The summed E-state index contributed by atoms with van der Waals surface area (Å²) in [6.07, 6.45) is 4.18. The molecule has 9 heteroatoms. The van der Waals surface area contributed by atoms with Gasteiger partial charge in [0, 0.05) is 47.5 Å². The summed E-state index contributed by atoms with van der Waals surface area (Å²) in [5.74, 6) is 0. The van der Waals surface area contributed by atoms with Crippen LogP contribution in [0.25, 0.3) is 21.5 Å². The Morgan fingerprint density at radius 1 is 1.32 bits per heavy atom. The molecule has 4 aromatic rings. The van der Waals surface area contributed by atoms with Gasteiger partial charge >= 0.3 is 0 Å². The normalized spacial score (nSPS) is 12.6. The van der Waals surface area contributed by atoms with Crippen molar-refractivity contribution in [2.45, 2.75) is 19.4 Å². The number of H-pyrrole nitrogens is 2. The summed E-state index contributed by atoms with van der Waals surface area (Å²) in [6.45, 7) is 2.63. The molecule has 8 nitrogen and oxygen atoms in total. The van der Waals surface area contributed by atoms with Gasteiger partial charge in [0.1, 0.15) is 5.01 Å². The largest absolute Gasteiger partial charge is 0.359 e. The van der Waals surface area contributed by atoms with E-state index >= 15 is 0 Å². The summed E-state index contributed by atoms with van der Waals surface area (Å²) in [7, 11) is 0. The number of anilines is 1. The van der Waals surface area contributed by atoms with Gasteiger partial charge < -0.3 is 16.0 Å². The van der Waals surface area contributed by atoms with E-state index in [1.807, 2.05) is 19.1 Å². The zero-order valence-corrected chi connectivity index (χ0v) is 14.5. The highest BCUT2D eigenvalue weighted by atomic mass is 32.1. The zero-order chi connectivity index (χ0) is 17.2. The lowest BCUT2D eigenvalue weighted by Gasteiger charge is -2.10. The molecule has 0 aliphatic carbocycles. The molecule has 3 heterocycles. The van der Waals surface area contributed by atoms with Crippen molar-refractivity contribution >= 4 is 27.4 Å². The number of benzene rings is 1. The molecule has 1 aromatic carbocycles. The first kappa shape index (κ1) is 15.7. The summed E-state index contributed by atoms with van der Waals surface area (Å²) >= 11 is 1.51. The maximum Gasteiger partial charge on any atom is 0.206 e. The Labute approximate surface area is 147 Å². The Morgan fingerprint density at radius 3 is 3.08 bits per heavy atom. The number of aromatic nitrogens is 6. The first-order valence-electron chi connectivity index (χ1n) is 7.94. The first-order valence-corrected chi connectivity index (χ1v) is 8.76. The Morgan fingerprint density at radius 2 is 2.24 bits per heavy atom. The highest BCUT2D eigenvalue weighted by Crippen LogP contribution is 2.29. The zero-order valence-electron chi connectivity index (χ0n) is 13.7. The number of rotatable bonds is 6. The third-order valence-electron chi connectivity index (χ3n) is 3.97. The third-order valence-corrected chi connectivity index (χ3v) is 4.90. The SMILES string of the molecule is Cc1[nH]nc2ccc(-c3nnc(NCC(N)Cc4cnc[nH]4)s3)cc12. The van der Waals surface area contributed by atoms with E-state index in [4.69, 9.17) is 5.73 Å². The maximum atomic E-state index is 6.13. The average Bonchev–Trinajstić information content (AvgIpc) is 3.35. The second kappa shape index (κ2) is 6.61. The van der Waals surface area contributed by atoms with Gasteiger partial charge in [0.2, 0.25) is 5.13 Å². The molecule has 3 aromatic heterocycles. The fourth-order valence-electron chi connectivity index (χ4n) is 2.65. The number of imidazole rings is 1. The van der Waals surface area contributed by atoms with Crippen molar-refractivity contribution in [1.82, 2.24) is 30.4 Å². The fourth-order valence-corrected chi connectivity index (χ4v) is 3.40. The first-order chi connectivity index (χ1) is 12.2. The van der Waals surface area contributed by atoms with Gasteiger partial charge in [0.05, 0.1) is 11.8 Å². The van der Waals surface area contributed by atoms with Crippen molar-refractivity contribution in [2.75, 3.05) is 11.9 Å². The van der Waals surface area contributed by atoms with Gasteiger partial charge in [-0.25, -0.2) is 4.98 Å². The number of aryl methyl sites for hydroxylation is 1. The molecule has 0 spiro atoms. The van der Waals surface area contributed by atoms with Crippen LogP contribution in [-0.4, -0.2) is 42.9 Å². The van der Waals surface area contributed by atoms with Crippen molar-refractivity contribution in [1.29, 1.82) is 0 Å². The van der Waals surface area contributed by atoms with Crippen LogP contribution in [0.1, 0.15) is 11.4 Å². The molecule has 0 radical (unpaired) electrons. The Kier molecular flexibility index (Phi) is 4.16. The van der Waals surface area contributed by atoms with Crippen molar-refractivity contribution in [2.24, 2.45) is 5.73 Å². The molecule has 0 saturated heterocycles. The van der Waals surface area contributed by atoms with Crippen LogP contribution in [0.4, 0.5) is 5.13 Å². The maximum absolute atomic E-state index is 6.13. The molecule has 0 saturated carbocycles. The van der Waals surface area contributed by atoms with Crippen molar-refractivity contribution in [3.8, 4) is 10.6 Å². The number of aromatic amines is 2. The van der Waals surface area contributed by atoms with Crippen LogP contribution in [0.15, 0.2) is 30.7 Å². The quantitative estimate of drug-likeness (QED) is 0.421. The Bertz CT molecular complexity index is 971. The molecular weight excluding hydrogens is 336 g/mol. The number of nitrogens with zero attached hydrogens (tertiary/aromatic N) is 4. The molecule has 0 aliphatic heterocycles. The Hall–Kier alpha value is -2.78. The van der Waals surface area contributed by atoms with Crippen molar-refractivity contribution < 1.29 is 0 Å². The van der Waals surface area contributed by atoms with Crippen LogP contribution < -0.4 is 11.1 Å². The number of nitrogens with one attached hydrogen (secondary N) is 3. The highest BCUT2D eigenvalue weighted by Gasteiger charge is 2.11. The van der Waals surface area contributed by atoms with Gasteiger partial charge in [-0.05, 0) is 25.1 Å². The lowest BCUT2D eigenvalue weighted by Crippen LogP contribution is -2.31. The molecule has 4 rings (SSSR count). The van der Waals surface area contributed by atoms with Crippen LogP contribution in [0.3, 0.4) is 0 Å². The van der Waals surface area contributed by atoms with Gasteiger partial charge in [0.25, 0.3) is 0 Å². The number of hydrogen-bond donors (Lipinski definition) is 4. The number of hydrogen-bond acceptors (Lipinski definition) is 7. The predicted molar refractivity (Wildman–Crippen MR) is 98.5 cm³/mol. The van der Waals surface area contributed by atoms with Crippen LogP contribution >= 0.6 is 11.3 Å². The predicted octanol–water partition coefficient (Wildman–Crippen LogP) is 2.09. The lowest BCUT2D eigenvalue weighted by molar-refractivity contribution is 0.688. The third kappa shape index (κ3) is 3.37. The molecule has 5 N–H and O–H groups in total. The summed E-state index contributed by atoms with van der Waals surface area (Å²) in [5, 5.41) is 21.7. The minimum absolute atomic E-state index is 0.0299.